The number of ether oxygens (including phenoxy) is 1. The number of nitrogens with two attached hydrogens (primary N) is 1. The Labute approximate surface area is 154 Å². The van der Waals surface area contributed by atoms with E-state index in [-0.39, 0.29) is 5.96 Å². The number of aromatic nitrogens is 1. The third-order valence-electron chi connectivity index (χ3n) is 3.84. The van der Waals surface area contributed by atoms with Gasteiger partial charge in [0.05, 0.1) is 12.3 Å². The number of guanidine groups is 1. The first kappa shape index (κ1) is 19.3. The summed E-state index contributed by atoms with van der Waals surface area (Å²) in [6.45, 7) is 1.37. The largest absolute Gasteiger partial charge is 0.494 e. The molecule has 1 aromatic carbocycles. The van der Waals surface area contributed by atoms with Crippen LogP contribution in [-0.4, -0.2) is 24.1 Å². The summed E-state index contributed by atoms with van der Waals surface area (Å²) in [4.78, 5) is 9.54. The number of rotatable bonds is 10. The van der Waals surface area contributed by atoms with Crippen LogP contribution < -0.4 is 15.4 Å². The molecule has 0 spiro atoms. The number of nitriles is 1. The molecule has 2 aromatic rings. The molecule has 0 aliphatic carbocycles. The molecule has 26 heavy (non-hydrogen) atoms. The zero-order valence-electron chi connectivity index (χ0n) is 14.9. The van der Waals surface area contributed by atoms with Gasteiger partial charge in [-0.25, -0.2) is 4.90 Å². The highest BCUT2D eigenvalue weighted by atomic mass is 16.5. The maximum absolute atomic E-state index is 9.24. The second-order valence-electron chi connectivity index (χ2n) is 5.81. The molecule has 0 aliphatic heterocycles. The van der Waals surface area contributed by atoms with Gasteiger partial charge in [0.15, 0.2) is 6.19 Å². The van der Waals surface area contributed by atoms with Crippen molar-refractivity contribution in [3.8, 4) is 11.9 Å². The molecule has 1 aromatic heterocycles. The highest BCUT2D eigenvalue weighted by Gasteiger charge is 2.08. The van der Waals surface area contributed by atoms with Crippen molar-refractivity contribution in [3.63, 3.8) is 0 Å². The van der Waals surface area contributed by atoms with Crippen LogP contribution in [0.2, 0.25) is 0 Å². The third kappa shape index (κ3) is 6.81. The molecule has 6 nitrogen and oxygen atoms in total. The Kier molecular flexibility index (Phi) is 8.50. The fourth-order valence-corrected chi connectivity index (χ4v) is 2.45. The lowest BCUT2D eigenvalue weighted by Crippen LogP contribution is -2.33. The Hall–Kier alpha value is -3.07. The van der Waals surface area contributed by atoms with Crippen LogP contribution in [0.15, 0.2) is 59.9 Å². The van der Waals surface area contributed by atoms with E-state index in [2.05, 4.69) is 9.98 Å². The summed E-state index contributed by atoms with van der Waals surface area (Å²) in [6, 6.07) is 13.3. The number of pyridine rings is 1. The highest BCUT2D eigenvalue weighted by Crippen LogP contribution is 2.11. The maximum atomic E-state index is 9.24. The first-order valence-electron chi connectivity index (χ1n) is 8.89. The van der Waals surface area contributed by atoms with Gasteiger partial charge in [0.2, 0.25) is 5.96 Å². The van der Waals surface area contributed by atoms with Gasteiger partial charge in [-0.3, -0.25) is 9.98 Å². The second kappa shape index (κ2) is 11.5. The molecule has 0 fully saturated rings. The van der Waals surface area contributed by atoms with Crippen molar-refractivity contribution in [3.05, 3.63) is 54.9 Å². The van der Waals surface area contributed by atoms with E-state index in [0.29, 0.717) is 12.2 Å². The monoisotopic (exact) mass is 351 g/mol. The highest BCUT2D eigenvalue weighted by molar-refractivity contribution is 5.97. The number of nitrogens with zero attached hydrogens (tertiary/aromatic N) is 4. The number of hydrogen-bond donors (Lipinski definition) is 1. The molecule has 0 unspecified atom stereocenters. The molecule has 0 atom stereocenters. The van der Waals surface area contributed by atoms with Crippen LogP contribution in [0.25, 0.3) is 0 Å². The van der Waals surface area contributed by atoms with Gasteiger partial charge in [0.1, 0.15) is 5.75 Å². The van der Waals surface area contributed by atoms with Gasteiger partial charge in [-0.2, -0.15) is 5.26 Å². The summed E-state index contributed by atoms with van der Waals surface area (Å²) >= 11 is 0. The van der Waals surface area contributed by atoms with E-state index in [1.165, 1.54) is 4.90 Å². The number of benzene rings is 1. The predicted molar refractivity (Wildman–Crippen MR) is 104 cm³/mol. The van der Waals surface area contributed by atoms with E-state index < -0.39 is 0 Å². The number of anilines is 1. The molecule has 6 heteroatoms. The van der Waals surface area contributed by atoms with Crippen LogP contribution in [0, 0.1) is 11.5 Å². The molecule has 0 radical (unpaired) electrons. The number of hydrogen-bond acceptors (Lipinski definition) is 4. The lowest BCUT2D eigenvalue weighted by Gasteiger charge is -2.13. The molecule has 0 amide bonds. The van der Waals surface area contributed by atoms with Crippen molar-refractivity contribution < 1.29 is 4.74 Å². The van der Waals surface area contributed by atoms with Crippen LogP contribution in [0.5, 0.6) is 5.75 Å². The van der Waals surface area contributed by atoms with Crippen LogP contribution in [0.4, 0.5) is 5.69 Å². The molecule has 0 bridgehead atoms. The van der Waals surface area contributed by atoms with Crippen molar-refractivity contribution in [2.75, 3.05) is 18.1 Å². The van der Waals surface area contributed by atoms with Crippen molar-refractivity contribution in [2.24, 2.45) is 10.7 Å². The molecular weight excluding hydrogens is 326 g/mol. The van der Waals surface area contributed by atoms with E-state index in [1.54, 1.807) is 24.5 Å². The van der Waals surface area contributed by atoms with Gasteiger partial charge >= 0.3 is 0 Å². The minimum atomic E-state index is 0.218. The van der Waals surface area contributed by atoms with E-state index >= 15 is 0 Å². The van der Waals surface area contributed by atoms with E-state index in [1.807, 2.05) is 36.5 Å². The van der Waals surface area contributed by atoms with Gasteiger partial charge < -0.3 is 10.5 Å². The predicted octanol–water partition coefficient (Wildman–Crippen LogP) is 3.71. The van der Waals surface area contributed by atoms with Gasteiger partial charge in [0, 0.05) is 18.9 Å². The first-order valence-corrected chi connectivity index (χ1v) is 8.89. The van der Waals surface area contributed by atoms with Crippen LogP contribution in [-0.2, 0) is 0 Å². The quantitative estimate of drug-likeness (QED) is 0.232. The third-order valence-corrected chi connectivity index (χ3v) is 3.84. The lowest BCUT2D eigenvalue weighted by molar-refractivity contribution is 0.304. The Bertz CT molecular complexity index is 697. The van der Waals surface area contributed by atoms with Crippen molar-refractivity contribution in [1.29, 1.82) is 5.26 Å². The number of unbranched alkanes of at least 4 members (excludes halogenated alkanes) is 4. The van der Waals surface area contributed by atoms with E-state index in [9.17, 15) is 5.26 Å². The Morgan fingerprint density at radius 2 is 1.73 bits per heavy atom. The van der Waals surface area contributed by atoms with Crippen molar-refractivity contribution >= 4 is 11.6 Å². The smallest absolute Gasteiger partial charge is 0.209 e. The van der Waals surface area contributed by atoms with Crippen LogP contribution in [0.1, 0.15) is 32.1 Å². The zero-order chi connectivity index (χ0) is 18.5. The normalized spacial score (nSPS) is 11.0. The minimum absolute atomic E-state index is 0.218. The summed E-state index contributed by atoms with van der Waals surface area (Å²) < 4.78 is 5.67. The fourth-order valence-electron chi connectivity index (χ4n) is 2.45. The molecule has 0 aliphatic rings. The second-order valence-corrected chi connectivity index (χ2v) is 5.81. The Morgan fingerprint density at radius 3 is 2.46 bits per heavy atom. The maximum Gasteiger partial charge on any atom is 0.209 e. The van der Waals surface area contributed by atoms with Crippen molar-refractivity contribution in [2.45, 2.75) is 32.1 Å². The van der Waals surface area contributed by atoms with Crippen molar-refractivity contribution in [1.82, 2.24) is 4.98 Å². The lowest BCUT2D eigenvalue weighted by atomic mass is 10.1. The first-order chi connectivity index (χ1) is 12.8. The minimum Gasteiger partial charge on any atom is -0.494 e. The average molecular weight is 351 g/mol. The van der Waals surface area contributed by atoms with Crippen LogP contribution in [0.3, 0.4) is 0 Å². The average Bonchev–Trinajstić information content (AvgIpc) is 2.69. The standard InChI is InChI=1S/C20H25N5O/c21-17-25(18-11-14-23-15-12-18)20(22)24-13-7-2-1-3-8-16-26-19-9-5-4-6-10-19/h4-6,9-12,14-15H,1-3,7-8,13,16H2,(H2,22,24). The number of para-hydroxylation sites is 1. The Balaban J connectivity index is 1.56. The van der Waals surface area contributed by atoms with Gasteiger partial charge in [-0.1, -0.05) is 37.5 Å². The summed E-state index contributed by atoms with van der Waals surface area (Å²) in [5.41, 5.74) is 6.58. The Morgan fingerprint density at radius 1 is 1.04 bits per heavy atom. The van der Waals surface area contributed by atoms with Gasteiger partial charge in [-0.15, -0.1) is 0 Å². The summed E-state index contributed by atoms with van der Waals surface area (Å²) in [5.74, 6) is 1.14. The summed E-state index contributed by atoms with van der Waals surface area (Å²) in [7, 11) is 0. The zero-order valence-corrected chi connectivity index (χ0v) is 14.9. The van der Waals surface area contributed by atoms with Gasteiger partial charge in [0.25, 0.3) is 0 Å². The topological polar surface area (TPSA) is 87.5 Å². The SMILES string of the molecule is N#CN(C(N)=NCCCCCCCOc1ccccc1)c1ccncc1. The number of aliphatic imine (C=N–C) groups is 1. The molecular formula is C20H25N5O. The molecule has 1 heterocycles. The fraction of sp³-hybridized carbons (Fsp3) is 0.350. The van der Waals surface area contributed by atoms with E-state index in [4.69, 9.17) is 10.5 Å². The summed E-state index contributed by atoms with van der Waals surface area (Å²) in [5, 5.41) is 9.24. The summed E-state index contributed by atoms with van der Waals surface area (Å²) in [6.07, 6.45) is 10.6. The molecule has 136 valence electrons. The van der Waals surface area contributed by atoms with Gasteiger partial charge in [-0.05, 0) is 37.1 Å². The molecule has 2 rings (SSSR count). The van der Waals surface area contributed by atoms with E-state index in [0.717, 1.165) is 44.5 Å². The molecule has 2 N–H and O–H groups in total. The molecule has 0 saturated carbocycles. The molecule has 0 saturated heterocycles. The van der Waals surface area contributed by atoms with Crippen LogP contribution >= 0.6 is 0 Å².